The zero-order valence-electron chi connectivity index (χ0n) is 11.1. The second-order valence-corrected chi connectivity index (χ2v) is 6.77. The number of fused-ring (bicyclic) bond motifs is 1. The van der Waals surface area contributed by atoms with Crippen molar-refractivity contribution >= 4 is 20.8 Å². The largest absolute Gasteiger partial charge is 0.315 e. The molecule has 0 spiro atoms. The van der Waals surface area contributed by atoms with E-state index in [9.17, 15) is 8.42 Å². The monoisotopic (exact) mass is 307 g/mol. The van der Waals surface area contributed by atoms with Crippen LogP contribution in [-0.4, -0.2) is 43.9 Å². The maximum Gasteiger partial charge on any atom is 0.243 e. The number of pyridine rings is 1. The van der Waals surface area contributed by atoms with Gasteiger partial charge >= 0.3 is 0 Å². The molecule has 0 bridgehead atoms. The van der Waals surface area contributed by atoms with Gasteiger partial charge in [0.2, 0.25) is 10.0 Å². The van der Waals surface area contributed by atoms with Crippen molar-refractivity contribution in [3.05, 3.63) is 36.7 Å². The molecule has 1 aromatic heterocycles. The minimum atomic E-state index is -3.45. The molecule has 5 nitrogen and oxygen atoms in total. The highest BCUT2D eigenvalue weighted by Gasteiger charge is 2.26. The van der Waals surface area contributed by atoms with Crippen molar-refractivity contribution in [3.8, 4) is 0 Å². The van der Waals surface area contributed by atoms with E-state index in [4.69, 9.17) is 0 Å². The molecule has 0 radical (unpaired) electrons. The third kappa shape index (κ3) is 3.07. The number of nitrogens with zero attached hydrogens (tertiary/aromatic N) is 2. The van der Waals surface area contributed by atoms with Crippen LogP contribution in [0.25, 0.3) is 10.8 Å². The van der Waals surface area contributed by atoms with Crippen molar-refractivity contribution in [1.29, 1.82) is 0 Å². The van der Waals surface area contributed by atoms with Gasteiger partial charge in [-0.3, -0.25) is 4.98 Å². The van der Waals surface area contributed by atoms with Gasteiger partial charge in [0.05, 0.1) is 4.90 Å². The van der Waals surface area contributed by atoms with E-state index in [2.05, 4.69) is 10.3 Å². The summed E-state index contributed by atoms with van der Waals surface area (Å²) in [6, 6.07) is 7.09. The van der Waals surface area contributed by atoms with E-state index in [1.807, 2.05) is 6.07 Å². The van der Waals surface area contributed by atoms with E-state index in [1.165, 1.54) is 0 Å². The summed E-state index contributed by atoms with van der Waals surface area (Å²) in [5.74, 6) is 0. The quantitative estimate of drug-likeness (QED) is 0.920. The fourth-order valence-electron chi connectivity index (χ4n) is 2.52. The predicted octanol–water partition coefficient (Wildman–Crippen LogP) is 1.85. The van der Waals surface area contributed by atoms with Gasteiger partial charge in [-0.05, 0) is 25.1 Å². The van der Waals surface area contributed by atoms with Crippen molar-refractivity contribution < 1.29 is 8.42 Å². The normalized spacial score (nSPS) is 17.1. The Balaban J connectivity index is 0.00000161. The predicted molar refractivity (Wildman–Crippen MR) is 84.7 cm³/mol. The lowest BCUT2D eigenvalue weighted by atomic mass is 10.2. The maximum atomic E-state index is 12.8. The minimum absolute atomic E-state index is 0. The summed E-state index contributed by atoms with van der Waals surface area (Å²) in [7, 11) is -3.45. The summed E-state index contributed by atoms with van der Waals surface area (Å²) >= 11 is 0. The Morgan fingerprint density at radius 2 is 2.00 bits per heavy atom. The SMILES string of the molecule is C.O=S(=O)(c1cccc2cnccc12)N1CCCNCC1. The first kappa shape index (κ1) is 15.9. The van der Waals surface area contributed by atoms with Crippen LogP contribution in [0.15, 0.2) is 41.6 Å². The van der Waals surface area contributed by atoms with Gasteiger partial charge in [-0.1, -0.05) is 19.6 Å². The summed E-state index contributed by atoms with van der Waals surface area (Å²) < 4.78 is 27.2. The van der Waals surface area contributed by atoms with E-state index < -0.39 is 10.0 Å². The number of benzene rings is 1. The molecule has 1 aromatic carbocycles. The fourth-order valence-corrected chi connectivity index (χ4v) is 4.21. The lowest BCUT2D eigenvalue weighted by Gasteiger charge is -2.20. The molecule has 0 atom stereocenters. The highest BCUT2D eigenvalue weighted by molar-refractivity contribution is 7.89. The second kappa shape index (κ2) is 6.51. The third-order valence-electron chi connectivity index (χ3n) is 3.56. The number of aromatic nitrogens is 1. The molecule has 2 heterocycles. The van der Waals surface area contributed by atoms with Gasteiger partial charge in [-0.25, -0.2) is 8.42 Å². The standard InChI is InChI=1S/C14H17N3O2S.CH4/c18-20(19,17-9-2-6-15-8-10-17)14-4-1-3-12-11-16-7-5-13(12)14;/h1,3-5,7,11,15H,2,6,8-10H2;1H4. The van der Waals surface area contributed by atoms with E-state index in [0.29, 0.717) is 24.5 Å². The van der Waals surface area contributed by atoms with Crippen molar-refractivity contribution in [2.24, 2.45) is 0 Å². The fraction of sp³-hybridized carbons (Fsp3) is 0.400. The van der Waals surface area contributed by atoms with Crippen LogP contribution in [0.2, 0.25) is 0 Å². The topological polar surface area (TPSA) is 62.3 Å². The van der Waals surface area contributed by atoms with Crippen LogP contribution in [0.4, 0.5) is 0 Å². The second-order valence-electron chi connectivity index (χ2n) is 4.86. The van der Waals surface area contributed by atoms with Crippen LogP contribution in [0.3, 0.4) is 0 Å². The summed E-state index contributed by atoms with van der Waals surface area (Å²) in [5.41, 5.74) is 0. The molecule has 21 heavy (non-hydrogen) atoms. The Hall–Kier alpha value is -1.50. The Kier molecular flexibility index (Phi) is 4.92. The average Bonchev–Trinajstić information content (AvgIpc) is 2.76. The van der Waals surface area contributed by atoms with Gasteiger partial charge in [0, 0.05) is 42.8 Å². The lowest BCUT2D eigenvalue weighted by molar-refractivity contribution is 0.432. The molecule has 0 aliphatic carbocycles. The molecular weight excluding hydrogens is 286 g/mol. The smallest absolute Gasteiger partial charge is 0.243 e. The van der Waals surface area contributed by atoms with Gasteiger partial charge in [-0.15, -0.1) is 0 Å². The Labute approximate surface area is 126 Å². The zero-order valence-corrected chi connectivity index (χ0v) is 11.9. The molecular formula is C15H21N3O2S. The van der Waals surface area contributed by atoms with Gasteiger partial charge in [0.1, 0.15) is 0 Å². The summed E-state index contributed by atoms with van der Waals surface area (Å²) in [6.07, 6.45) is 4.16. The van der Waals surface area contributed by atoms with Crippen LogP contribution < -0.4 is 5.32 Å². The highest BCUT2D eigenvalue weighted by atomic mass is 32.2. The summed E-state index contributed by atoms with van der Waals surface area (Å²) in [6.45, 7) is 2.65. The van der Waals surface area contributed by atoms with Crippen molar-refractivity contribution in [3.63, 3.8) is 0 Å². The van der Waals surface area contributed by atoms with Crippen LogP contribution in [-0.2, 0) is 10.0 Å². The average molecular weight is 307 g/mol. The molecule has 1 fully saturated rings. The first-order valence-corrected chi connectivity index (χ1v) is 8.17. The number of hydrogen-bond donors (Lipinski definition) is 1. The van der Waals surface area contributed by atoms with Crippen LogP contribution in [0.5, 0.6) is 0 Å². The molecule has 6 heteroatoms. The molecule has 1 saturated heterocycles. The van der Waals surface area contributed by atoms with E-state index in [0.717, 1.165) is 23.7 Å². The molecule has 1 aliphatic heterocycles. The first-order valence-electron chi connectivity index (χ1n) is 6.73. The van der Waals surface area contributed by atoms with Crippen molar-refractivity contribution in [2.45, 2.75) is 18.7 Å². The molecule has 0 amide bonds. The summed E-state index contributed by atoms with van der Waals surface area (Å²) in [4.78, 5) is 4.42. The molecule has 2 aromatic rings. The van der Waals surface area contributed by atoms with Crippen molar-refractivity contribution in [2.75, 3.05) is 26.2 Å². The molecule has 1 N–H and O–H groups in total. The zero-order chi connectivity index (χ0) is 14.0. The maximum absolute atomic E-state index is 12.8. The lowest BCUT2D eigenvalue weighted by Crippen LogP contribution is -2.34. The van der Waals surface area contributed by atoms with E-state index in [-0.39, 0.29) is 7.43 Å². The first-order chi connectivity index (χ1) is 9.69. The van der Waals surface area contributed by atoms with Crippen LogP contribution >= 0.6 is 0 Å². The molecule has 1 aliphatic rings. The van der Waals surface area contributed by atoms with E-state index in [1.54, 1.807) is 34.9 Å². The summed E-state index contributed by atoms with van der Waals surface area (Å²) in [5, 5.41) is 4.81. The Bertz CT molecular complexity index is 702. The number of nitrogens with one attached hydrogen (secondary N) is 1. The molecule has 114 valence electrons. The van der Waals surface area contributed by atoms with Gasteiger partial charge in [0.25, 0.3) is 0 Å². The van der Waals surface area contributed by atoms with Gasteiger partial charge in [-0.2, -0.15) is 4.31 Å². The molecule has 0 saturated carbocycles. The number of hydrogen-bond acceptors (Lipinski definition) is 4. The number of rotatable bonds is 2. The highest BCUT2D eigenvalue weighted by Crippen LogP contribution is 2.25. The van der Waals surface area contributed by atoms with Gasteiger partial charge in [0.15, 0.2) is 0 Å². The van der Waals surface area contributed by atoms with Crippen LogP contribution in [0.1, 0.15) is 13.8 Å². The van der Waals surface area contributed by atoms with Crippen LogP contribution in [0, 0.1) is 0 Å². The molecule has 3 rings (SSSR count). The minimum Gasteiger partial charge on any atom is -0.315 e. The van der Waals surface area contributed by atoms with Gasteiger partial charge < -0.3 is 5.32 Å². The molecule has 0 unspecified atom stereocenters. The van der Waals surface area contributed by atoms with Crippen molar-refractivity contribution in [1.82, 2.24) is 14.6 Å². The Morgan fingerprint density at radius 1 is 1.14 bits per heavy atom. The van der Waals surface area contributed by atoms with E-state index >= 15 is 0 Å². The number of sulfonamides is 1. The Morgan fingerprint density at radius 3 is 2.86 bits per heavy atom. The third-order valence-corrected chi connectivity index (χ3v) is 5.51.